The maximum absolute atomic E-state index is 8.99. The minimum Gasteiger partial charge on any atom is -0.392 e. The van der Waals surface area contributed by atoms with Crippen molar-refractivity contribution < 1.29 is 5.11 Å². The van der Waals surface area contributed by atoms with Crippen molar-refractivity contribution in [1.82, 2.24) is 5.32 Å². The lowest BCUT2D eigenvalue weighted by Gasteiger charge is -2.20. The Morgan fingerprint density at radius 1 is 1.27 bits per heavy atom. The van der Waals surface area contributed by atoms with Crippen LogP contribution in [0.25, 0.3) is 0 Å². The van der Waals surface area contributed by atoms with E-state index >= 15 is 0 Å². The van der Waals surface area contributed by atoms with Crippen LogP contribution in [0.5, 0.6) is 0 Å². The fourth-order valence-electron chi connectivity index (χ4n) is 0.911. The Labute approximate surface area is 70.0 Å². The van der Waals surface area contributed by atoms with Gasteiger partial charge in [-0.25, -0.2) is 0 Å². The van der Waals surface area contributed by atoms with Crippen molar-refractivity contribution >= 4 is 0 Å². The molecule has 0 radical (unpaired) electrons. The maximum atomic E-state index is 8.99. The number of nitrogens with one attached hydrogen (secondary N) is 1. The monoisotopic (exact) mass is 159 g/mol. The third-order valence-electron chi connectivity index (χ3n) is 2.23. The van der Waals surface area contributed by atoms with Crippen LogP contribution in [0.15, 0.2) is 0 Å². The van der Waals surface area contributed by atoms with Crippen molar-refractivity contribution in [3.63, 3.8) is 0 Å². The molecular weight excluding hydrogens is 138 g/mol. The Bertz CT molecular complexity index is 93.6. The third kappa shape index (κ3) is 5.22. The molecule has 2 nitrogen and oxygen atoms in total. The topological polar surface area (TPSA) is 32.3 Å². The van der Waals surface area contributed by atoms with Gasteiger partial charge in [0.05, 0.1) is 6.10 Å². The van der Waals surface area contributed by atoms with Crippen molar-refractivity contribution in [2.24, 2.45) is 5.92 Å². The molecule has 0 fully saturated rings. The molecule has 0 unspecified atom stereocenters. The number of hydrogen-bond acceptors (Lipinski definition) is 2. The summed E-state index contributed by atoms with van der Waals surface area (Å²) in [7, 11) is 0. The summed E-state index contributed by atoms with van der Waals surface area (Å²) >= 11 is 0. The normalized spacial score (nSPS) is 19.4. The van der Waals surface area contributed by atoms with Gasteiger partial charge in [0.25, 0.3) is 0 Å². The van der Waals surface area contributed by atoms with E-state index in [1.807, 2.05) is 0 Å². The second-order valence-electron chi connectivity index (χ2n) is 3.43. The van der Waals surface area contributed by atoms with E-state index in [1.54, 1.807) is 6.92 Å². The molecule has 0 amide bonds. The summed E-state index contributed by atoms with van der Waals surface area (Å²) in [4.78, 5) is 0. The zero-order chi connectivity index (χ0) is 8.85. The molecule has 2 heteroatoms. The van der Waals surface area contributed by atoms with Gasteiger partial charge in [-0.2, -0.15) is 0 Å². The van der Waals surface area contributed by atoms with E-state index in [4.69, 9.17) is 5.11 Å². The number of rotatable bonds is 5. The molecule has 0 aliphatic heterocycles. The second kappa shape index (κ2) is 5.56. The zero-order valence-corrected chi connectivity index (χ0v) is 8.09. The van der Waals surface area contributed by atoms with Crippen molar-refractivity contribution in [3.8, 4) is 0 Å². The highest BCUT2D eigenvalue weighted by Crippen LogP contribution is 2.05. The minimum absolute atomic E-state index is 0.235. The van der Waals surface area contributed by atoms with E-state index in [1.165, 1.54) is 6.42 Å². The quantitative estimate of drug-likeness (QED) is 0.635. The molecule has 0 saturated heterocycles. The molecule has 0 rings (SSSR count). The van der Waals surface area contributed by atoms with Crippen LogP contribution < -0.4 is 5.32 Å². The summed E-state index contributed by atoms with van der Waals surface area (Å²) in [6.07, 6.45) is 0.954. The highest BCUT2D eigenvalue weighted by atomic mass is 16.3. The Kier molecular flexibility index (Phi) is 5.51. The first kappa shape index (κ1) is 10.9. The minimum atomic E-state index is -0.235. The molecule has 0 heterocycles. The lowest BCUT2D eigenvalue weighted by Crippen LogP contribution is -2.36. The summed E-state index contributed by atoms with van der Waals surface area (Å²) in [6, 6.07) is 0.509. The van der Waals surface area contributed by atoms with Gasteiger partial charge in [-0.3, -0.25) is 0 Å². The van der Waals surface area contributed by atoms with Gasteiger partial charge in [0.15, 0.2) is 0 Å². The number of aliphatic hydroxyl groups is 1. The Balaban J connectivity index is 3.43. The van der Waals surface area contributed by atoms with Crippen molar-refractivity contribution in [2.45, 2.75) is 46.3 Å². The van der Waals surface area contributed by atoms with Gasteiger partial charge in [0, 0.05) is 12.6 Å². The van der Waals surface area contributed by atoms with E-state index in [9.17, 15) is 0 Å². The van der Waals surface area contributed by atoms with E-state index in [2.05, 4.69) is 26.1 Å². The van der Waals surface area contributed by atoms with Crippen molar-refractivity contribution in [3.05, 3.63) is 0 Å². The second-order valence-corrected chi connectivity index (χ2v) is 3.43. The first-order valence-electron chi connectivity index (χ1n) is 4.49. The van der Waals surface area contributed by atoms with Gasteiger partial charge >= 0.3 is 0 Å². The van der Waals surface area contributed by atoms with E-state index in [0.29, 0.717) is 18.5 Å². The molecule has 3 atom stereocenters. The third-order valence-corrected chi connectivity index (χ3v) is 2.23. The largest absolute Gasteiger partial charge is 0.392 e. The lowest BCUT2D eigenvalue weighted by atomic mass is 10.0. The van der Waals surface area contributed by atoms with Crippen LogP contribution in [-0.4, -0.2) is 23.8 Å². The Morgan fingerprint density at radius 2 is 1.82 bits per heavy atom. The first-order valence-corrected chi connectivity index (χ1v) is 4.49. The molecular formula is C9H21NO. The predicted octanol–water partition coefficient (Wildman–Crippen LogP) is 1.39. The van der Waals surface area contributed by atoms with Crippen molar-refractivity contribution in [2.75, 3.05) is 6.54 Å². The molecule has 0 aromatic carbocycles. The van der Waals surface area contributed by atoms with Crippen LogP contribution in [-0.2, 0) is 0 Å². The molecule has 0 aliphatic rings. The molecule has 0 aromatic rings. The molecule has 0 saturated carbocycles. The molecule has 2 N–H and O–H groups in total. The smallest absolute Gasteiger partial charge is 0.0636 e. The van der Waals surface area contributed by atoms with Gasteiger partial charge in [-0.15, -0.1) is 0 Å². The van der Waals surface area contributed by atoms with E-state index in [0.717, 1.165) is 0 Å². The summed E-state index contributed by atoms with van der Waals surface area (Å²) in [5.41, 5.74) is 0. The average molecular weight is 159 g/mol. The number of hydrogen-bond donors (Lipinski definition) is 2. The van der Waals surface area contributed by atoms with Gasteiger partial charge in [0.1, 0.15) is 0 Å². The number of aliphatic hydroxyl groups excluding tert-OH is 1. The Hall–Kier alpha value is -0.0800. The van der Waals surface area contributed by atoms with Crippen LogP contribution in [0.3, 0.4) is 0 Å². The highest BCUT2D eigenvalue weighted by molar-refractivity contribution is 4.67. The van der Waals surface area contributed by atoms with Crippen LogP contribution >= 0.6 is 0 Å². The molecule has 11 heavy (non-hydrogen) atoms. The van der Waals surface area contributed by atoms with Crippen LogP contribution in [0.1, 0.15) is 34.1 Å². The van der Waals surface area contributed by atoms with Crippen LogP contribution in [0.4, 0.5) is 0 Å². The average Bonchev–Trinajstić information content (AvgIpc) is 1.98. The fourth-order valence-corrected chi connectivity index (χ4v) is 0.911. The van der Waals surface area contributed by atoms with Gasteiger partial charge in [0.2, 0.25) is 0 Å². The van der Waals surface area contributed by atoms with Gasteiger partial charge < -0.3 is 10.4 Å². The van der Waals surface area contributed by atoms with Crippen LogP contribution in [0, 0.1) is 5.92 Å². The standard InChI is InChI=1S/C9H21NO/c1-5-7(2)9(4)10-6-8(3)11/h7-11H,5-6H2,1-4H3/t7-,8+,9-/m0/s1. The summed E-state index contributed by atoms with van der Waals surface area (Å²) < 4.78 is 0. The SMILES string of the molecule is CC[C@H](C)[C@H](C)NC[C@@H](C)O. The van der Waals surface area contributed by atoms with Gasteiger partial charge in [-0.05, 0) is 19.8 Å². The Morgan fingerprint density at radius 3 is 2.18 bits per heavy atom. The fraction of sp³-hybridized carbons (Fsp3) is 1.00. The van der Waals surface area contributed by atoms with E-state index < -0.39 is 0 Å². The molecule has 0 spiro atoms. The summed E-state index contributed by atoms with van der Waals surface area (Å²) in [5, 5.41) is 12.3. The lowest BCUT2D eigenvalue weighted by molar-refractivity contribution is 0.182. The molecule has 0 aromatic heterocycles. The molecule has 0 bridgehead atoms. The zero-order valence-electron chi connectivity index (χ0n) is 8.09. The van der Waals surface area contributed by atoms with Gasteiger partial charge in [-0.1, -0.05) is 20.3 Å². The van der Waals surface area contributed by atoms with Crippen molar-refractivity contribution in [1.29, 1.82) is 0 Å². The first-order chi connectivity index (χ1) is 5.07. The predicted molar refractivity (Wildman–Crippen MR) is 48.6 cm³/mol. The molecule has 68 valence electrons. The summed E-state index contributed by atoms with van der Waals surface area (Å²) in [6.45, 7) is 9.07. The maximum Gasteiger partial charge on any atom is 0.0636 e. The van der Waals surface area contributed by atoms with Crippen LogP contribution in [0.2, 0.25) is 0 Å². The van der Waals surface area contributed by atoms with E-state index in [-0.39, 0.29) is 6.10 Å². The molecule has 0 aliphatic carbocycles. The highest BCUT2D eigenvalue weighted by Gasteiger charge is 2.09. The summed E-state index contributed by atoms with van der Waals surface area (Å²) in [5.74, 6) is 0.689.